The lowest BCUT2D eigenvalue weighted by atomic mass is 10.2. The fourth-order valence-electron chi connectivity index (χ4n) is 2.49. The highest BCUT2D eigenvalue weighted by atomic mass is 16.5. The Morgan fingerprint density at radius 2 is 2.21 bits per heavy atom. The van der Waals surface area contributed by atoms with E-state index in [4.69, 9.17) is 4.52 Å². The van der Waals surface area contributed by atoms with Gasteiger partial charge < -0.3 is 9.84 Å². The maximum atomic E-state index is 4.72. The van der Waals surface area contributed by atoms with Gasteiger partial charge in [-0.15, -0.1) is 0 Å². The van der Waals surface area contributed by atoms with Crippen LogP contribution in [0.3, 0.4) is 0 Å². The highest BCUT2D eigenvalue weighted by Gasteiger charge is 2.22. The van der Waals surface area contributed by atoms with E-state index in [1.165, 1.54) is 18.4 Å². The van der Waals surface area contributed by atoms with E-state index in [-0.39, 0.29) is 0 Å². The first kappa shape index (κ1) is 12.3. The molecule has 100 valence electrons. The lowest BCUT2D eigenvalue weighted by Crippen LogP contribution is -2.32. The molecule has 1 aliphatic rings. The van der Waals surface area contributed by atoms with E-state index in [0.29, 0.717) is 12.6 Å². The summed E-state index contributed by atoms with van der Waals surface area (Å²) < 4.78 is 4.72. The zero-order chi connectivity index (χ0) is 12.9. The lowest BCUT2D eigenvalue weighted by Gasteiger charge is -2.16. The lowest BCUT2D eigenvalue weighted by molar-refractivity contribution is 0.319. The molecule has 0 spiro atoms. The van der Waals surface area contributed by atoms with Crippen molar-refractivity contribution < 1.29 is 4.52 Å². The van der Waals surface area contributed by atoms with Gasteiger partial charge in [0.05, 0.1) is 6.54 Å². The van der Waals surface area contributed by atoms with Gasteiger partial charge >= 0.3 is 0 Å². The molecule has 5 heteroatoms. The molecule has 1 aromatic heterocycles. The number of rotatable bonds is 5. The van der Waals surface area contributed by atoms with Gasteiger partial charge in [0.25, 0.3) is 0 Å². The third-order valence-electron chi connectivity index (χ3n) is 3.48. The molecule has 1 N–H and O–H groups in total. The number of aromatic nitrogens is 2. The maximum Gasteiger partial charge on any atom is 0.213 e. The standard InChI is InChI=1S/C14H18N4O/c1-2-4-12(5-3-1)9-18-7-6-13(10-18)15-8-14-16-11-19-17-14/h1-5,11,13,15H,6-10H2. The first-order valence-electron chi connectivity index (χ1n) is 6.65. The topological polar surface area (TPSA) is 54.2 Å². The molecule has 2 heterocycles. The summed E-state index contributed by atoms with van der Waals surface area (Å²) in [6, 6.07) is 11.1. The molecule has 0 saturated carbocycles. The minimum atomic E-state index is 0.516. The number of nitrogens with one attached hydrogen (secondary N) is 1. The van der Waals surface area contributed by atoms with E-state index in [1.54, 1.807) is 0 Å². The highest BCUT2D eigenvalue weighted by molar-refractivity contribution is 5.14. The van der Waals surface area contributed by atoms with Crippen LogP contribution >= 0.6 is 0 Å². The predicted molar refractivity (Wildman–Crippen MR) is 71.3 cm³/mol. The van der Waals surface area contributed by atoms with E-state index >= 15 is 0 Å². The molecule has 0 radical (unpaired) electrons. The predicted octanol–water partition coefficient (Wildman–Crippen LogP) is 1.43. The number of benzene rings is 1. The summed E-state index contributed by atoms with van der Waals surface area (Å²) in [7, 11) is 0. The molecule has 2 aromatic rings. The minimum Gasteiger partial charge on any atom is -0.343 e. The van der Waals surface area contributed by atoms with Gasteiger partial charge in [-0.25, -0.2) is 0 Å². The van der Waals surface area contributed by atoms with Crippen LogP contribution in [0, 0.1) is 0 Å². The van der Waals surface area contributed by atoms with Crippen molar-refractivity contribution >= 4 is 0 Å². The molecule has 3 rings (SSSR count). The summed E-state index contributed by atoms with van der Waals surface area (Å²) >= 11 is 0. The van der Waals surface area contributed by atoms with Crippen LogP contribution in [0.25, 0.3) is 0 Å². The fourth-order valence-corrected chi connectivity index (χ4v) is 2.49. The molecule has 1 saturated heterocycles. The Bertz CT molecular complexity index is 485. The number of hydrogen-bond donors (Lipinski definition) is 1. The molecule has 1 aromatic carbocycles. The fraction of sp³-hybridized carbons (Fsp3) is 0.429. The largest absolute Gasteiger partial charge is 0.343 e. The van der Waals surface area contributed by atoms with Crippen LogP contribution in [0.15, 0.2) is 41.2 Å². The van der Waals surface area contributed by atoms with Crippen molar-refractivity contribution in [2.45, 2.75) is 25.6 Å². The van der Waals surface area contributed by atoms with Crippen LogP contribution in [-0.2, 0) is 13.1 Å². The van der Waals surface area contributed by atoms with Crippen molar-refractivity contribution in [2.75, 3.05) is 13.1 Å². The molecule has 1 fully saturated rings. The van der Waals surface area contributed by atoms with E-state index in [0.717, 1.165) is 25.5 Å². The Hall–Kier alpha value is -1.72. The molecule has 1 atom stereocenters. The molecule has 0 bridgehead atoms. The second-order valence-electron chi connectivity index (χ2n) is 4.93. The SMILES string of the molecule is c1ccc(CN2CCC(NCc3ncon3)C2)cc1. The Balaban J connectivity index is 1.45. The van der Waals surface area contributed by atoms with Crippen molar-refractivity contribution in [2.24, 2.45) is 0 Å². The van der Waals surface area contributed by atoms with Gasteiger partial charge in [-0.2, -0.15) is 4.98 Å². The second kappa shape index (κ2) is 5.95. The molecule has 1 unspecified atom stereocenters. The molecular weight excluding hydrogens is 240 g/mol. The van der Waals surface area contributed by atoms with Crippen molar-refractivity contribution in [3.8, 4) is 0 Å². The maximum absolute atomic E-state index is 4.72. The van der Waals surface area contributed by atoms with Gasteiger partial charge in [0.2, 0.25) is 6.39 Å². The van der Waals surface area contributed by atoms with Crippen molar-refractivity contribution in [3.63, 3.8) is 0 Å². The number of nitrogens with zero attached hydrogens (tertiary/aromatic N) is 3. The average molecular weight is 258 g/mol. The van der Waals surface area contributed by atoms with Crippen LogP contribution in [-0.4, -0.2) is 34.2 Å². The first-order valence-corrected chi connectivity index (χ1v) is 6.65. The summed E-state index contributed by atoms with van der Waals surface area (Å²) in [6.45, 7) is 3.92. The van der Waals surface area contributed by atoms with Gasteiger partial charge in [0.15, 0.2) is 5.82 Å². The normalized spacial score (nSPS) is 19.9. The van der Waals surface area contributed by atoms with Gasteiger partial charge in [-0.1, -0.05) is 35.5 Å². The van der Waals surface area contributed by atoms with Gasteiger partial charge in [0, 0.05) is 25.7 Å². The van der Waals surface area contributed by atoms with E-state index in [2.05, 4.69) is 50.7 Å². The van der Waals surface area contributed by atoms with Crippen LogP contribution in [0.5, 0.6) is 0 Å². The Labute approximate surface area is 112 Å². The third kappa shape index (κ3) is 3.39. The van der Waals surface area contributed by atoms with Crippen LogP contribution in [0.1, 0.15) is 17.8 Å². The quantitative estimate of drug-likeness (QED) is 0.879. The zero-order valence-corrected chi connectivity index (χ0v) is 10.8. The smallest absolute Gasteiger partial charge is 0.213 e. The average Bonchev–Trinajstić information content (AvgIpc) is 3.09. The molecule has 0 amide bonds. The van der Waals surface area contributed by atoms with Gasteiger partial charge in [-0.05, 0) is 12.0 Å². The Morgan fingerprint density at radius 1 is 1.32 bits per heavy atom. The van der Waals surface area contributed by atoms with Gasteiger partial charge in [0.1, 0.15) is 0 Å². The summed E-state index contributed by atoms with van der Waals surface area (Å²) in [4.78, 5) is 6.49. The number of likely N-dealkylation sites (tertiary alicyclic amines) is 1. The van der Waals surface area contributed by atoms with E-state index < -0.39 is 0 Å². The summed E-state index contributed by atoms with van der Waals surface area (Å²) in [6.07, 6.45) is 2.54. The summed E-state index contributed by atoms with van der Waals surface area (Å²) in [5, 5.41) is 7.27. The van der Waals surface area contributed by atoms with Crippen molar-refractivity contribution in [1.82, 2.24) is 20.4 Å². The molecule has 5 nitrogen and oxygen atoms in total. The van der Waals surface area contributed by atoms with E-state index in [1.807, 2.05) is 0 Å². The van der Waals surface area contributed by atoms with Crippen molar-refractivity contribution in [3.05, 3.63) is 48.1 Å². The molecule has 1 aliphatic heterocycles. The molecule has 0 aliphatic carbocycles. The molecular formula is C14H18N4O. The third-order valence-corrected chi connectivity index (χ3v) is 3.48. The minimum absolute atomic E-state index is 0.516. The second-order valence-corrected chi connectivity index (χ2v) is 4.93. The Kier molecular flexibility index (Phi) is 3.86. The zero-order valence-electron chi connectivity index (χ0n) is 10.8. The number of hydrogen-bond acceptors (Lipinski definition) is 5. The Morgan fingerprint density at radius 3 is 3.00 bits per heavy atom. The van der Waals surface area contributed by atoms with Gasteiger partial charge in [-0.3, -0.25) is 4.90 Å². The summed E-state index contributed by atoms with van der Waals surface area (Å²) in [5.41, 5.74) is 1.38. The molecule has 19 heavy (non-hydrogen) atoms. The van der Waals surface area contributed by atoms with Crippen LogP contribution < -0.4 is 5.32 Å². The monoisotopic (exact) mass is 258 g/mol. The highest BCUT2D eigenvalue weighted by Crippen LogP contribution is 2.13. The van der Waals surface area contributed by atoms with Crippen molar-refractivity contribution in [1.29, 1.82) is 0 Å². The first-order chi connectivity index (χ1) is 9.40. The van der Waals surface area contributed by atoms with Crippen LogP contribution in [0.4, 0.5) is 0 Å². The summed E-state index contributed by atoms with van der Waals surface area (Å²) in [5.74, 6) is 0.724. The van der Waals surface area contributed by atoms with Crippen LogP contribution in [0.2, 0.25) is 0 Å². The van der Waals surface area contributed by atoms with E-state index in [9.17, 15) is 0 Å².